The van der Waals surface area contributed by atoms with Crippen LogP contribution in [0.15, 0.2) is 22.7 Å². The van der Waals surface area contributed by atoms with Gasteiger partial charge in [-0.2, -0.15) is 0 Å². The second kappa shape index (κ2) is 3.99. The van der Waals surface area contributed by atoms with E-state index < -0.39 is 4.92 Å². The third-order valence-electron chi connectivity index (χ3n) is 1.38. The van der Waals surface area contributed by atoms with E-state index in [0.29, 0.717) is 16.6 Å². The van der Waals surface area contributed by atoms with E-state index in [1.807, 2.05) is 0 Å². The first-order chi connectivity index (χ1) is 6.15. The van der Waals surface area contributed by atoms with Crippen molar-refractivity contribution in [2.24, 2.45) is 0 Å². The Morgan fingerprint density at radius 2 is 2.23 bits per heavy atom. The molecule has 0 aliphatic rings. The molecule has 0 fully saturated rings. The Balaban J connectivity index is 3.04. The summed E-state index contributed by atoms with van der Waals surface area (Å²) in [5.41, 5.74) is 0.476. The lowest BCUT2D eigenvalue weighted by atomic mass is 10.3. The van der Waals surface area contributed by atoms with Crippen LogP contribution in [-0.2, 0) is 4.79 Å². The number of nitro benzene ring substituents is 1. The Bertz CT molecular complexity index is 354. The molecule has 1 amide bonds. The minimum Gasteiger partial charge on any atom is -0.328 e. The largest absolute Gasteiger partial charge is 0.328 e. The number of carbonyl (C=O) groups excluding carboxylic acids is 1. The van der Waals surface area contributed by atoms with Gasteiger partial charge in [0.05, 0.1) is 10.6 Å². The average Bonchev–Trinajstić information content (AvgIpc) is 2.08. The van der Waals surface area contributed by atoms with Gasteiger partial charge in [-0.1, -0.05) is 0 Å². The number of halogens is 1. The molecule has 13 heavy (non-hydrogen) atoms. The second-order valence-electron chi connectivity index (χ2n) is 2.18. The molecule has 0 unspecified atom stereocenters. The molecule has 0 aliphatic heterocycles. The molecule has 0 radical (unpaired) electrons. The van der Waals surface area contributed by atoms with Crippen molar-refractivity contribution in [1.82, 2.24) is 0 Å². The van der Waals surface area contributed by atoms with E-state index in [2.05, 4.69) is 21.2 Å². The molecule has 0 saturated heterocycles. The molecule has 68 valence electrons. The molecule has 0 saturated carbocycles. The van der Waals surface area contributed by atoms with Crippen molar-refractivity contribution in [3.63, 3.8) is 0 Å². The number of amides is 1. The first-order valence-electron chi connectivity index (χ1n) is 3.29. The number of rotatable bonds is 3. The predicted octanol–water partition coefficient (Wildman–Crippen LogP) is 1.93. The number of non-ortho nitro benzene ring substituents is 1. The highest BCUT2D eigenvalue weighted by atomic mass is 79.9. The fraction of sp³-hybridized carbons (Fsp3) is 0. The fourth-order valence-corrected chi connectivity index (χ4v) is 1.28. The first kappa shape index (κ1) is 9.66. The zero-order chi connectivity index (χ0) is 9.84. The summed E-state index contributed by atoms with van der Waals surface area (Å²) in [6.45, 7) is 0. The maximum Gasteiger partial charge on any atom is 0.270 e. The van der Waals surface area contributed by atoms with Crippen LogP contribution in [0.2, 0.25) is 0 Å². The van der Waals surface area contributed by atoms with Crippen molar-refractivity contribution in [2.45, 2.75) is 0 Å². The molecule has 0 atom stereocenters. The summed E-state index contributed by atoms with van der Waals surface area (Å²) < 4.78 is 0.480. The lowest BCUT2D eigenvalue weighted by Gasteiger charge is -2.00. The number of benzene rings is 1. The van der Waals surface area contributed by atoms with Gasteiger partial charge in [-0.15, -0.1) is 0 Å². The Morgan fingerprint density at radius 3 is 2.69 bits per heavy atom. The first-order valence-corrected chi connectivity index (χ1v) is 4.08. The molecule has 0 heterocycles. The van der Waals surface area contributed by atoms with Crippen molar-refractivity contribution in [1.29, 1.82) is 0 Å². The van der Waals surface area contributed by atoms with Crippen LogP contribution in [0.5, 0.6) is 0 Å². The van der Waals surface area contributed by atoms with E-state index in [9.17, 15) is 14.9 Å². The smallest absolute Gasteiger partial charge is 0.270 e. The zero-order valence-electron chi connectivity index (χ0n) is 6.36. The number of anilines is 1. The topological polar surface area (TPSA) is 72.2 Å². The Labute approximate surface area is 82.0 Å². The number of nitrogens with zero attached hydrogens (tertiary/aromatic N) is 1. The third kappa shape index (κ3) is 2.25. The van der Waals surface area contributed by atoms with Crippen LogP contribution in [-0.4, -0.2) is 11.3 Å². The van der Waals surface area contributed by atoms with Crippen LogP contribution in [0.1, 0.15) is 0 Å². The lowest BCUT2D eigenvalue weighted by Crippen LogP contribution is -1.95. The lowest BCUT2D eigenvalue weighted by molar-refractivity contribution is -0.384. The van der Waals surface area contributed by atoms with Crippen LogP contribution >= 0.6 is 15.9 Å². The molecular formula is C7H5BrN2O3. The van der Waals surface area contributed by atoms with Gasteiger partial charge >= 0.3 is 0 Å². The summed E-state index contributed by atoms with van der Waals surface area (Å²) in [6, 6.07) is 4.10. The average molecular weight is 245 g/mol. The zero-order valence-corrected chi connectivity index (χ0v) is 7.95. The van der Waals surface area contributed by atoms with E-state index in [0.717, 1.165) is 0 Å². The van der Waals surface area contributed by atoms with Gasteiger partial charge in [0.1, 0.15) is 0 Å². The minimum absolute atomic E-state index is 0.0247. The van der Waals surface area contributed by atoms with Crippen LogP contribution in [0.3, 0.4) is 0 Å². The molecule has 0 bridgehead atoms. The Morgan fingerprint density at radius 1 is 1.54 bits per heavy atom. The molecular weight excluding hydrogens is 240 g/mol. The molecule has 6 heteroatoms. The van der Waals surface area contributed by atoms with Crippen molar-refractivity contribution >= 4 is 33.7 Å². The molecule has 0 aromatic heterocycles. The fourth-order valence-electron chi connectivity index (χ4n) is 0.798. The van der Waals surface area contributed by atoms with Gasteiger partial charge < -0.3 is 5.32 Å². The molecule has 0 spiro atoms. The summed E-state index contributed by atoms with van der Waals surface area (Å²) in [5, 5.41) is 12.7. The van der Waals surface area contributed by atoms with Gasteiger partial charge in [-0.3, -0.25) is 14.9 Å². The predicted molar refractivity (Wildman–Crippen MR) is 50.5 cm³/mol. The van der Waals surface area contributed by atoms with E-state index in [1.54, 1.807) is 0 Å². The summed E-state index contributed by atoms with van der Waals surface area (Å²) in [4.78, 5) is 19.9. The molecule has 1 aromatic rings. The number of nitrogens with one attached hydrogen (secondary N) is 1. The van der Waals surface area contributed by atoms with Crippen molar-refractivity contribution in [3.8, 4) is 0 Å². The van der Waals surface area contributed by atoms with Crippen molar-refractivity contribution < 1.29 is 9.72 Å². The standard InChI is InChI=1S/C7H5BrN2O3/c8-6-3-5(10(12)13)1-2-7(6)9-4-11/h1-4H,(H,9,11). The molecule has 5 nitrogen and oxygen atoms in total. The Hall–Kier alpha value is -1.43. The molecule has 1 rings (SSSR count). The van der Waals surface area contributed by atoms with Crippen LogP contribution < -0.4 is 5.32 Å². The highest BCUT2D eigenvalue weighted by Gasteiger charge is 2.07. The normalized spacial score (nSPS) is 9.31. The minimum atomic E-state index is -0.505. The van der Waals surface area contributed by atoms with Gasteiger partial charge in [0.15, 0.2) is 0 Å². The van der Waals surface area contributed by atoms with Crippen molar-refractivity contribution in [3.05, 3.63) is 32.8 Å². The Kier molecular flexibility index (Phi) is 2.97. The van der Waals surface area contributed by atoms with Gasteiger partial charge in [-0.25, -0.2) is 0 Å². The van der Waals surface area contributed by atoms with Gasteiger partial charge in [0.25, 0.3) is 5.69 Å². The maximum atomic E-state index is 10.3. The molecule has 1 aromatic carbocycles. The van der Waals surface area contributed by atoms with Crippen molar-refractivity contribution in [2.75, 3.05) is 5.32 Å². The maximum absolute atomic E-state index is 10.3. The molecule has 0 aliphatic carbocycles. The summed E-state index contributed by atoms with van der Waals surface area (Å²) >= 11 is 3.09. The van der Waals surface area contributed by atoms with Crippen LogP contribution in [0, 0.1) is 10.1 Å². The highest BCUT2D eigenvalue weighted by molar-refractivity contribution is 9.10. The summed E-state index contributed by atoms with van der Waals surface area (Å²) in [5.74, 6) is 0. The monoisotopic (exact) mass is 244 g/mol. The van der Waals surface area contributed by atoms with Gasteiger partial charge in [0, 0.05) is 16.6 Å². The van der Waals surface area contributed by atoms with E-state index in [4.69, 9.17) is 0 Å². The highest BCUT2D eigenvalue weighted by Crippen LogP contribution is 2.26. The number of nitro groups is 1. The van der Waals surface area contributed by atoms with Crippen LogP contribution in [0.25, 0.3) is 0 Å². The second-order valence-corrected chi connectivity index (χ2v) is 3.04. The van der Waals surface area contributed by atoms with E-state index >= 15 is 0 Å². The number of hydrogen-bond acceptors (Lipinski definition) is 3. The van der Waals surface area contributed by atoms with Gasteiger partial charge in [-0.05, 0) is 22.0 Å². The number of hydrogen-bond donors (Lipinski definition) is 1. The third-order valence-corrected chi connectivity index (χ3v) is 2.03. The SMILES string of the molecule is O=CNc1ccc([N+](=O)[O-])cc1Br. The summed E-state index contributed by atoms with van der Waals surface area (Å²) in [6.07, 6.45) is 0.506. The quantitative estimate of drug-likeness (QED) is 0.502. The van der Waals surface area contributed by atoms with Crippen LogP contribution in [0.4, 0.5) is 11.4 Å². The van der Waals surface area contributed by atoms with E-state index in [-0.39, 0.29) is 5.69 Å². The number of carbonyl (C=O) groups is 1. The summed E-state index contributed by atoms with van der Waals surface area (Å²) in [7, 11) is 0. The van der Waals surface area contributed by atoms with Gasteiger partial charge in [0.2, 0.25) is 6.41 Å². The van der Waals surface area contributed by atoms with E-state index in [1.165, 1.54) is 18.2 Å². The molecule has 1 N–H and O–H groups in total.